The van der Waals surface area contributed by atoms with Gasteiger partial charge in [-0.3, -0.25) is 9.69 Å². The molecule has 1 saturated carbocycles. The fourth-order valence-corrected chi connectivity index (χ4v) is 2.98. The van der Waals surface area contributed by atoms with E-state index in [1.807, 2.05) is 11.8 Å². The van der Waals surface area contributed by atoms with Crippen molar-refractivity contribution in [2.75, 3.05) is 19.6 Å². The molecular weight excluding hydrogens is 351 g/mol. The van der Waals surface area contributed by atoms with Crippen LogP contribution < -0.4 is 10.6 Å². The SMILES string of the molecule is CCN(CC(=O)O)C1CC(NC(=O)NCCc2ccc(F)c(F)c2F)C1. The third-order valence-corrected chi connectivity index (χ3v) is 4.50. The molecule has 2 rings (SSSR count). The van der Waals surface area contributed by atoms with Crippen LogP contribution in [0, 0.1) is 17.5 Å². The second-order valence-corrected chi connectivity index (χ2v) is 6.26. The zero-order chi connectivity index (χ0) is 19.3. The highest BCUT2D eigenvalue weighted by Gasteiger charge is 2.34. The van der Waals surface area contributed by atoms with Crippen LogP contribution in [0.25, 0.3) is 0 Å². The quantitative estimate of drug-likeness (QED) is 0.608. The van der Waals surface area contributed by atoms with Crippen molar-refractivity contribution in [3.05, 3.63) is 35.1 Å². The molecule has 144 valence electrons. The summed E-state index contributed by atoms with van der Waals surface area (Å²) >= 11 is 0. The molecule has 1 aliphatic carbocycles. The summed E-state index contributed by atoms with van der Waals surface area (Å²) in [5.41, 5.74) is -0.0137. The summed E-state index contributed by atoms with van der Waals surface area (Å²) in [7, 11) is 0. The van der Waals surface area contributed by atoms with E-state index in [-0.39, 0.29) is 37.2 Å². The molecule has 9 heteroatoms. The van der Waals surface area contributed by atoms with E-state index < -0.39 is 29.5 Å². The van der Waals surface area contributed by atoms with Crippen molar-refractivity contribution in [3.8, 4) is 0 Å². The summed E-state index contributed by atoms with van der Waals surface area (Å²) in [6, 6.07) is 1.63. The van der Waals surface area contributed by atoms with Gasteiger partial charge in [-0.2, -0.15) is 0 Å². The summed E-state index contributed by atoms with van der Waals surface area (Å²) in [5.74, 6) is -4.90. The van der Waals surface area contributed by atoms with Gasteiger partial charge in [-0.05, 0) is 37.4 Å². The van der Waals surface area contributed by atoms with E-state index in [4.69, 9.17) is 5.11 Å². The first-order valence-corrected chi connectivity index (χ1v) is 8.44. The average Bonchev–Trinajstić information content (AvgIpc) is 2.55. The summed E-state index contributed by atoms with van der Waals surface area (Å²) < 4.78 is 39.5. The normalized spacial score (nSPS) is 19.1. The summed E-state index contributed by atoms with van der Waals surface area (Å²) in [4.78, 5) is 24.4. The van der Waals surface area contributed by atoms with Crippen LogP contribution in [0.1, 0.15) is 25.3 Å². The minimum atomic E-state index is -1.52. The van der Waals surface area contributed by atoms with E-state index in [9.17, 15) is 22.8 Å². The van der Waals surface area contributed by atoms with Crippen LogP contribution in [-0.2, 0) is 11.2 Å². The number of carbonyl (C=O) groups is 2. The number of urea groups is 1. The summed E-state index contributed by atoms with van der Waals surface area (Å²) in [6.45, 7) is 2.55. The number of aliphatic carboxylic acids is 1. The first-order valence-electron chi connectivity index (χ1n) is 8.44. The van der Waals surface area contributed by atoms with Gasteiger partial charge in [-0.15, -0.1) is 0 Å². The third-order valence-electron chi connectivity index (χ3n) is 4.50. The van der Waals surface area contributed by atoms with Crippen LogP contribution >= 0.6 is 0 Å². The number of carboxylic acid groups (broad SMARTS) is 1. The number of hydrogen-bond donors (Lipinski definition) is 3. The molecule has 0 aromatic heterocycles. The number of nitrogens with one attached hydrogen (secondary N) is 2. The molecule has 1 aliphatic rings. The predicted octanol–water partition coefficient (Wildman–Crippen LogP) is 1.88. The van der Waals surface area contributed by atoms with Gasteiger partial charge < -0.3 is 15.7 Å². The molecule has 1 aromatic rings. The van der Waals surface area contributed by atoms with E-state index in [1.165, 1.54) is 0 Å². The molecule has 0 unspecified atom stereocenters. The molecule has 0 spiro atoms. The Bertz CT molecular complexity index is 666. The van der Waals surface area contributed by atoms with Crippen LogP contribution in [0.3, 0.4) is 0 Å². The lowest BCUT2D eigenvalue weighted by Crippen LogP contribution is -2.56. The molecule has 3 N–H and O–H groups in total. The Kier molecular flexibility index (Phi) is 6.84. The predicted molar refractivity (Wildman–Crippen MR) is 88.2 cm³/mol. The van der Waals surface area contributed by atoms with E-state index in [1.54, 1.807) is 0 Å². The van der Waals surface area contributed by atoms with Crippen LogP contribution in [0.4, 0.5) is 18.0 Å². The topological polar surface area (TPSA) is 81.7 Å². The number of rotatable bonds is 8. The van der Waals surface area contributed by atoms with Gasteiger partial charge in [0.05, 0.1) is 6.54 Å². The average molecular weight is 373 g/mol. The molecule has 0 saturated heterocycles. The van der Waals surface area contributed by atoms with Gasteiger partial charge in [0, 0.05) is 18.6 Å². The number of amides is 2. The minimum absolute atomic E-state index is 0.0137. The lowest BCUT2D eigenvalue weighted by Gasteiger charge is -2.42. The van der Waals surface area contributed by atoms with Crippen molar-refractivity contribution < 1.29 is 27.9 Å². The number of benzene rings is 1. The number of likely N-dealkylation sites (N-methyl/N-ethyl adjacent to an activating group) is 1. The van der Waals surface area contributed by atoms with Crippen molar-refractivity contribution >= 4 is 12.0 Å². The van der Waals surface area contributed by atoms with Crippen molar-refractivity contribution in [2.24, 2.45) is 0 Å². The molecule has 2 amide bonds. The van der Waals surface area contributed by atoms with Gasteiger partial charge in [0.15, 0.2) is 17.5 Å². The molecular formula is C17H22F3N3O3. The summed E-state index contributed by atoms with van der Waals surface area (Å²) in [5, 5.41) is 14.1. The highest BCUT2D eigenvalue weighted by atomic mass is 19.2. The van der Waals surface area contributed by atoms with E-state index in [0.717, 1.165) is 12.1 Å². The molecule has 1 aromatic carbocycles. The molecule has 1 fully saturated rings. The lowest BCUT2D eigenvalue weighted by molar-refractivity contribution is -0.139. The number of hydrogen-bond acceptors (Lipinski definition) is 3. The van der Waals surface area contributed by atoms with Crippen LogP contribution in [0.2, 0.25) is 0 Å². The largest absolute Gasteiger partial charge is 0.480 e. The number of nitrogens with zero attached hydrogens (tertiary/aromatic N) is 1. The first-order chi connectivity index (χ1) is 12.3. The number of halogens is 3. The standard InChI is InChI=1S/C17H22F3N3O3/c1-2-23(9-14(24)25)12-7-11(8-12)22-17(26)21-6-5-10-3-4-13(18)16(20)15(10)19/h3-4,11-12H,2,5-9H2,1H3,(H,24,25)(H2,21,22,26). The number of carboxylic acids is 1. The molecule has 0 aliphatic heterocycles. The van der Waals surface area contributed by atoms with E-state index in [0.29, 0.717) is 19.4 Å². The first kappa shape index (κ1) is 20.0. The zero-order valence-electron chi connectivity index (χ0n) is 14.4. The molecule has 6 nitrogen and oxygen atoms in total. The van der Waals surface area contributed by atoms with Gasteiger partial charge in [0.25, 0.3) is 0 Å². The van der Waals surface area contributed by atoms with Gasteiger partial charge in [-0.1, -0.05) is 13.0 Å². The van der Waals surface area contributed by atoms with Crippen LogP contribution in [0.5, 0.6) is 0 Å². The second kappa shape index (κ2) is 8.88. The van der Waals surface area contributed by atoms with Crippen molar-refractivity contribution in [3.63, 3.8) is 0 Å². The van der Waals surface area contributed by atoms with Crippen molar-refractivity contribution in [1.29, 1.82) is 0 Å². The Morgan fingerprint density at radius 2 is 1.92 bits per heavy atom. The summed E-state index contributed by atoms with van der Waals surface area (Å²) in [6.07, 6.45) is 1.35. The smallest absolute Gasteiger partial charge is 0.317 e. The molecule has 0 atom stereocenters. The van der Waals surface area contributed by atoms with Crippen LogP contribution in [-0.4, -0.2) is 53.7 Å². The highest BCUT2D eigenvalue weighted by molar-refractivity contribution is 5.74. The van der Waals surface area contributed by atoms with E-state index in [2.05, 4.69) is 10.6 Å². The minimum Gasteiger partial charge on any atom is -0.480 e. The van der Waals surface area contributed by atoms with Gasteiger partial charge in [0.2, 0.25) is 0 Å². The van der Waals surface area contributed by atoms with Gasteiger partial charge in [-0.25, -0.2) is 18.0 Å². The Labute approximate surface area is 149 Å². The highest BCUT2D eigenvalue weighted by Crippen LogP contribution is 2.25. The molecule has 26 heavy (non-hydrogen) atoms. The van der Waals surface area contributed by atoms with Crippen molar-refractivity contribution in [1.82, 2.24) is 15.5 Å². The molecule has 0 radical (unpaired) electrons. The Morgan fingerprint density at radius 3 is 2.54 bits per heavy atom. The maximum absolute atomic E-state index is 13.5. The third kappa shape index (κ3) is 5.10. The molecule has 0 heterocycles. The second-order valence-electron chi connectivity index (χ2n) is 6.26. The maximum atomic E-state index is 13.5. The van der Waals surface area contributed by atoms with E-state index >= 15 is 0 Å². The zero-order valence-corrected chi connectivity index (χ0v) is 14.4. The van der Waals surface area contributed by atoms with Crippen LogP contribution in [0.15, 0.2) is 12.1 Å². The fraction of sp³-hybridized carbons (Fsp3) is 0.529. The lowest BCUT2D eigenvalue weighted by atomic mass is 9.85. The van der Waals surface area contributed by atoms with Gasteiger partial charge in [0.1, 0.15) is 0 Å². The Balaban J connectivity index is 1.69. The Morgan fingerprint density at radius 1 is 1.23 bits per heavy atom. The maximum Gasteiger partial charge on any atom is 0.317 e. The monoisotopic (exact) mass is 373 g/mol. The van der Waals surface area contributed by atoms with Crippen molar-refractivity contribution in [2.45, 2.75) is 38.3 Å². The Hall–Kier alpha value is -2.29. The fourth-order valence-electron chi connectivity index (χ4n) is 2.98. The van der Waals surface area contributed by atoms with Gasteiger partial charge >= 0.3 is 12.0 Å². The number of carbonyl (C=O) groups excluding carboxylic acids is 1. The molecule has 0 bridgehead atoms.